The number of methoxy groups -OCH3 is 1. The van der Waals surface area contributed by atoms with Gasteiger partial charge in [-0.3, -0.25) is 4.79 Å². The van der Waals surface area contributed by atoms with Crippen LogP contribution in [0.25, 0.3) is 0 Å². The maximum Gasteiger partial charge on any atom is 0.339 e. The maximum atomic E-state index is 12.2. The van der Waals surface area contributed by atoms with Crippen LogP contribution >= 0.6 is 15.9 Å². The van der Waals surface area contributed by atoms with Crippen molar-refractivity contribution >= 4 is 33.5 Å². The zero-order chi connectivity index (χ0) is 15.4. The van der Waals surface area contributed by atoms with E-state index < -0.39 is 5.97 Å². The Hall–Kier alpha value is -2.21. The summed E-state index contributed by atoms with van der Waals surface area (Å²) in [7, 11) is 1.30. The lowest BCUT2D eigenvalue weighted by molar-refractivity contribution is 0.0602. The van der Waals surface area contributed by atoms with Crippen molar-refractivity contribution in [3.05, 3.63) is 57.8 Å². The molecule has 1 heterocycles. The third-order valence-electron chi connectivity index (χ3n) is 2.82. The van der Waals surface area contributed by atoms with Crippen LogP contribution in [0.5, 0.6) is 0 Å². The Bertz CT molecular complexity index is 701. The molecule has 1 aromatic carbocycles. The number of benzene rings is 1. The van der Waals surface area contributed by atoms with E-state index in [1.54, 1.807) is 24.3 Å². The van der Waals surface area contributed by atoms with Gasteiger partial charge < -0.3 is 10.1 Å². The van der Waals surface area contributed by atoms with E-state index in [0.717, 1.165) is 5.56 Å². The third kappa shape index (κ3) is 3.66. The molecule has 0 fully saturated rings. The predicted octanol–water partition coefficient (Wildman–Crippen LogP) is 3.19. The van der Waals surface area contributed by atoms with E-state index in [1.807, 2.05) is 13.0 Å². The molecule has 0 bridgehead atoms. The van der Waals surface area contributed by atoms with E-state index in [9.17, 15) is 9.59 Å². The number of halogens is 1. The molecule has 0 atom stereocenters. The molecule has 0 saturated carbocycles. The van der Waals surface area contributed by atoms with Crippen molar-refractivity contribution in [1.82, 2.24) is 4.98 Å². The zero-order valence-electron chi connectivity index (χ0n) is 11.5. The molecule has 0 saturated heterocycles. The molecule has 0 aliphatic rings. The topological polar surface area (TPSA) is 68.3 Å². The van der Waals surface area contributed by atoms with Gasteiger partial charge in [-0.15, -0.1) is 0 Å². The van der Waals surface area contributed by atoms with Gasteiger partial charge in [-0.2, -0.15) is 0 Å². The van der Waals surface area contributed by atoms with Gasteiger partial charge in [0.25, 0.3) is 5.91 Å². The van der Waals surface area contributed by atoms with Gasteiger partial charge in [0.15, 0.2) is 0 Å². The molecule has 0 aliphatic carbocycles. The van der Waals surface area contributed by atoms with Gasteiger partial charge in [0.1, 0.15) is 4.60 Å². The first-order valence-corrected chi connectivity index (χ1v) is 6.92. The fourth-order valence-corrected chi connectivity index (χ4v) is 2.15. The number of aromatic nitrogens is 1. The first-order valence-electron chi connectivity index (χ1n) is 6.13. The highest BCUT2D eigenvalue weighted by atomic mass is 79.9. The van der Waals surface area contributed by atoms with Crippen LogP contribution < -0.4 is 5.32 Å². The minimum atomic E-state index is -0.495. The second-order valence-electron chi connectivity index (χ2n) is 4.36. The Balaban J connectivity index is 2.31. The number of nitrogens with zero attached hydrogens (tertiary/aromatic N) is 1. The SMILES string of the molecule is COC(=O)c1cc(C)ccc1NC(=O)c1ccnc(Br)c1. The lowest BCUT2D eigenvalue weighted by Gasteiger charge is -2.10. The molecule has 2 rings (SSSR count). The van der Waals surface area contributed by atoms with Crippen molar-refractivity contribution in [2.75, 3.05) is 12.4 Å². The molecule has 21 heavy (non-hydrogen) atoms. The summed E-state index contributed by atoms with van der Waals surface area (Å²) in [5.74, 6) is -0.822. The van der Waals surface area contributed by atoms with Crippen LogP contribution in [-0.4, -0.2) is 24.0 Å². The highest BCUT2D eigenvalue weighted by Gasteiger charge is 2.15. The van der Waals surface area contributed by atoms with Gasteiger partial charge in [0.05, 0.1) is 18.4 Å². The molecule has 0 spiro atoms. The number of carbonyl (C=O) groups excluding carboxylic acids is 2. The molecule has 1 N–H and O–H groups in total. The first kappa shape index (κ1) is 15.2. The molecule has 5 nitrogen and oxygen atoms in total. The number of rotatable bonds is 3. The third-order valence-corrected chi connectivity index (χ3v) is 3.25. The summed E-state index contributed by atoms with van der Waals surface area (Å²) in [6.07, 6.45) is 1.52. The number of pyridine rings is 1. The molecular weight excluding hydrogens is 336 g/mol. The van der Waals surface area contributed by atoms with E-state index in [0.29, 0.717) is 21.4 Å². The van der Waals surface area contributed by atoms with E-state index >= 15 is 0 Å². The van der Waals surface area contributed by atoms with Gasteiger partial charge in [-0.1, -0.05) is 11.6 Å². The molecule has 108 valence electrons. The number of nitrogens with one attached hydrogen (secondary N) is 1. The number of amides is 1. The van der Waals surface area contributed by atoms with Crippen LogP contribution in [0.3, 0.4) is 0 Å². The number of ether oxygens (including phenoxy) is 1. The summed E-state index contributed by atoms with van der Waals surface area (Å²) >= 11 is 3.21. The average molecular weight is 349 g/mol. The van der Waals surface area contributed by atoms with E-state index in [1.165, 1.54) is 13.3 Å². The number of carbonyl (C=O) groups is 2. The van der Waals surface area contributed by atoms with Gasteiger partial charge in [-0.05, 0) is 47.1 Å². The lowest BCUT2D eigenvalue weighted by atomic mass is 10.1. The largest absolute Gasteiger partial charge is 0.465 e. The number of hydrogen-bond acceptors (Lipinski definition) is 4. The fourth-order valence-electron chi connectivity index (χ4n) is 1.78. The highest BCUT2D eigenvalue weighted by molar-refractivity contribution is 9.10. The summed E-state index contributed by atoms with van der Waals surface area (Å²) in [6, 6.07) is 8.34. The van der Waals surface area contributed by atoms with Crippen LogP contribution in [0.4, 0.5) is 5.69 Å². The van der Waals surface area contributed by atoms with Crippen molar-refractivity contribution in [2.45, 2.75) is 6.92 Å². The second kappa shape index (κ2) is 6.49. The minimum absolute atomic E-state index is 0.318. The molecular formula is C15H13BrN2O3. The summed E-state index contributed by atoms with van der Waals surface area (Å²) in [5.41, 5.74) is 2.07. The van der Waals surface area contributed by atoms with Crippen LogP contribution in [-0.2, 0) is 4.74 Å². The van der Waals surface area contributed by atoms with Gasteiger partial charge in [0.2, 0.25) is 0 Å². The quantitative estimate of drug-likeness (QED) is 0.683. The summed E-state index contributed by atoms with van der Waals surface area (Å²) in [5, 5.41) is 2.71. The number of aryl methyl sites for hydroxylation is 1. The molecule has 1 amide bonds. The van der Waals surface area contributed by atoms with Gasteiger partial charge >= 0.3 is 5.97 Å². The van der Waals surface area contributed by atoms with Crippen molar-refractivity contribution < 1.29 is 14.3 Å². The van der Waals surface area contributed by atoms with E-state index in [2.05, 4.69) is 26.2 Å². The van der Waals surface area contributed by atoms with Crippen molar-refractivity contribution in [3.8, 4) is 0 Å². The number of hydrogen-bond donors (Lipinski definition) is 1. The smallest absolute Gasteiger partial charge is 0.339 e. The highest BCUT2D eigenvalue weighted by Crippen LogP contribution is 2.20. The standard InChI is InChI=1S/C15H13BrN2O3/c1-9-3-4-12(11(7-9)15(20)21-2)18-14(19)10-5-6-17-13(16)8-10/h3-8H,1-2H3,(H,18,19). The van der Waals surface area contributed by atoms with Crippen LogP contribution in [0.15, 0.2) is 41.1 Å². The molecule has 0 radical (unpaired) electrons. The molecule has 1 aromatic heterocycles. The maximum absolute atomic E-state index is 12.2. The molecule has 2 aromatic rings. The molecule has 6 heteroatoms. The van der Waals surface area contributed by atoms with Crippen LogP contribution in [0.1, 0.15) is 26.3 Å². The van der Waals surface area contributed by atoms with Crippen molar-refractivity contribution in [3.63, 3.8) is 0 Å². The normalized spacial score (nSPS) is 10.0. The van der Waals surface area contributed by atoms with Gasteiger partial charge in [-0.25, -0.2) is 9.78 Å². The Morgan fingerprint density at radius 3 is 2.67 bits per heavy atom. The predicted molar refractivity (Wildman–Crippen MR) is 82.4 cm³/mol. The summed E-state index contributed by atoms with van der Waals surface area (Å²) in [4.78, 5) is 27.9. The number of anilines is 1. The Labute approximate surface area is 130 Å². The van der Waals surface area contributed by atoms with Gasteiger partial charge in [0, 0.05) is 11.8 Å². The number of esters is 1. The second-order valence-corrected chi connectivity index (χ2v) is 5.17. The van der Waals surface area contributed by atoms with E-state index in [4.69, 9.17) is 4.74 Å². The lowest BCUT2D eigenvalue weighted by Crippen LogP contribution is -2.15. The zero-order valence-corrected chi connectivity index (χ0v) is 13.1. The molecule has 0 aliphatic heterocycles. The van der Waals surface area contributed by atoms with E-state index in [-0.39, 0.29) is 5.91 Å². The Morgan fingerprint density at radius 1 is 1.24 bits per heavy atom. The van der Waals surface area contributed by atoms with Crippen LogP contribution in [0.2, 0.25) is 0 Å². The monoisotopic (exact) mass is 348 g/mol. The Kier molecular flexibility index (Phi) is 4.70. The minimum Gasteiger partial charge on any atom is -0.465 e. The summed E-state index contributed by atoms with van der Waals surface area (Å²) < 4.78 is 5.29. The summed E-state index contributed by atoms with van der Waals surface area (Å²) in [6.45, 7) is 1.86. The van der Waals surface area contributed by atoms with Crippen LogP contribution in [0, 0.1) is 6.92 Å². The van der Waals surface area contributed by atoms with Crippen molar-refractivity contribution in [1.29, 1.82) is 0 Å². The fraction of sp³-hybridized carbons (Fsp3) is 0.133. The molecule has 0 unspecified atom stereocenters. The Morgan fingerprint density at radius 2 is 2.00 bits per heavy atom. The van der Waals surface area contributed by atoms with Crippen molar-refractivity contribution in [2.24, 2.45) is 0 Å². The average Bonchev–Trinajstić information content (AvgIpc) is 2.48. The first-order chi connectivity index (χ1) is 10.0.